The van der Waals surface area contributed by atoms with Gasteiger partial charge >= 0.3 is 0 Å². The van der Waals surface area contributed by atoms with Crippen LogP contribution >= 0.6 is 0 Å². The van der Waals surface area contributed by atoms with Crippen molar-refractivity contribution in [2.45, 2.75) is 31.7 Å². The fraction of sp³-hybridized carbons (Fsp3) is 0.636. The molecule has 0 aliphatic carbocycles. The van der Waals surface area contributed by atoms with Gasteiger partial charge < -0.3 is 19.0 Å². The summed E-state index contributed by atoms with van der Waals surface area (Å²) in [5.74, 6) is 0.236. The van der Waals surface area contributed by atoms with E-state index in [-0.39, 0.29) is 12.7 Å². The van der Waals surface area contributed by atoms with Crippen LogP contribution in [0.4, 0.5) is 0 Å². The lowest BCUT2D eigenvalue weighted by molar-refractivity contribution is -0.155. The highest BCUT2D eigenvalue weighted by Gasteiger charge is 2.37. The molecular formula is C11H16O4. The normalized spacial score (nSPS) is 30.9. The van der Waals surface area contributed by atoms with Gasteiger partial charge in [-0.15, -0.1) is 0 Å². The van der Waals surface area contributed by atoms with Crippen LogP contribution in [-0.2, 0) is 15.9 Å². The van der Waals surface area contributed by atoms with Crippen LogP contribution in [-0.4, -0.2) is 30.2 Å². The lowest BCUT2D eigenvalue weighted by atomic mass is 10.2. The molecule has 0 saturated carbocycles. The van der Waals surface area contributed by atoms with Crippen molar-refractivity contribution in [2.24, 2.45) is 0 Å². The summed E-state index contributed by atoms with van der Waals surface area (Å²) in [5, 5.41) is 8.80. The third-order valence-electron chi connectivity index (χ3n) is 2.52. The average molecular weight is 212 g/mol. The summed E-state index contributed by atoms with van der Waals surface area (Å²) < 4.78 is 16.6. The SMILES string of the molecule is CC1(Cc2ccco2)OCC(CCO)O1. The highest BCUT2D eigenvalue weighted by Crippen LogP contribution is 2.28. The maximum Gasteiger partial charge on any atom is 0.173 e. The predicted octanol–water partition coefficient (Wildman–Crippen LogP) is 1.34. The Bertz CT molecular complexity index is 296. The van der Waals surface area contributed by atoms with Gasteiger partial charge in [0.25, 0.3) is 0 Å². The number of ether oxygens (including phenoxy) is 2. The minimum Gasteiger partial charge on any atom is -0.469 e. The van der Waals surface area contributed by atoms with Crippen molar-refractivity contribution in [3.05, 3.63) is 24.2 Å². The molecular weight excluding hydrogens is 196 g/mol. The van der Waals surface area contributed by atoms with E-state index in [0.717, 1.165) is 5.76 Å². The standard InChI is InChI=1S/C11H16O4/c1-11(7-9-3-2-6-13-9)14-8-10(15-11)4-5-12/h2-3,6,10,12H,4-5,7-8H2,1H3. The molecule has 1 aliphatic heterocycles. The molecule has 1 aliphatic rings. The Balaban J connectivity index is 1.92. The third kappa shape index (κ3) is 2.59. The molecule has 2 heterocycles. The van der Waals surface area contributed by atoms with E-state index in [1.165, 1.54) is 0 Å². The molecule has 1 fully saturated rings. The summed E-state index contributed by atoms with van der Waals surface area (Å²) >= 11 is 0. The van der Waals surface area contributed by atoms with Gasteiger partial charge in [0.1, 0.15) is 5.76 Å². The van der Waals surface area contributed by atoms with Gasteiger partial charge in [-0.25, -0.2) is 0 Å². The summed E-state index contributed by atoms with van der Waals surface area (Å²) in [5.41, 5.74) is 0. The summed E-state index contributed by atoms with van der Waals surface area (Å²) in [6.07, 6.45) is 2.85. The number of furan rings is 1. The predicted molar refractivity (Wildman–Crippen MR) is 53.3 cm³/mol. The smallest absolute Gasteiger partial charge is 0.173 e. The first kappa shape index (κ1) is 10.7. The van der Waals surface area contributed by atoms with Gasteiger partial charge in [-0.3, -0.25) is 0 Å². The van der Waals surface area contributed by atoms with E-state index in [1.807, 2.05) is 19.1 Å². The molecule has 0 bridgehead atoms. The van der Waals surface area contributed by atoms with Gasteiger partial charge in [0.2, 0.25) is 0 Å². The highest BCUT2D eigenvalue weighted by atomic mass is 16.7. The molecule has 1 aromatic heterocycles. The van der Waals surface area contributed by atoms with Gasteiger partial charge in [0.15, 0.2) is 5.79 Å². The Labute approximate surface area is 88.8 Å². The zero-order valence-corrected chi connectivity index (χ0v) is 8.81. The summed E-state index contributed by atoms with van der Waals surface area (Å²) in [7, 11) is 0. The molecule has 2 rings (SSSR count). The van der Waals surface area contributed by atoms with Crippen LogP contribution < -0.4 is 0 Å². The Kier molecular flexibility index (Phi) is 3.09. The van der Waals surface area contributed by atoms with Crippen LogP contribution in [0.15, 0.2) is 22.8 Å². The summed E-state index contributed by atoms with van der Waals surface area (Å²) in [6, 6.07) is 3.75. The second-order valence-corrected chi connectivity index (χ2v) is 3.95. The Morgan fingerprint density at radius 2 is 2.47 bits per heavy atom. The van der Waals surface area contributed by atoms with Gasteiger partial charge in [0.05, 0.1) is 25.4 Å². The monoisotopic (exact) mass is 212 g/mol. The fourth-order valence-corrected chi connectivity index (χ4v) is 1.80. The molecule has 15 heavy (non-hydrogen) atoms. The second kappa shape index (κ2) is 4.35. The Morgan fingerprint density at radius 1 is 1.60 bits per heavy atom. The lowest BCUT2D eigenvalue weighted by Gasteiger charge is -2.21. The van der Waals surface area contributed by atoms with E-state index in [4.69, 9.17) is 19.0 Å². The first-order valence-corrected chi connectivity index (χ1v) is 5.17. The van der Waals surface area contributed by atoms with E-state index in [2.05, 4.69) is 0 Å². The fourth-order valence-electron chi connectivity index (χ4n) is 1.80. The lowest BCUT2D eigenvalue weighted by Crippen LogP contribution is -2.29. The van der Waals surface area contributed by atoms with E-state index in [9.17, 15) is 0 Å². The zero-order chi connectivity index (χ0) is 10.7. The van der Waals surface area contributed by atoms with Crippen molar-refractivity contribution in [1.82, 2.24) is 0 Å². The third-order valence-corrected chi connectivity index (χ3v) is 2.52. The number of hydrogen-bond donors (Lipinski definition) is 1. The molecule has 0 spiro atoms. The highest BCUT2D eigenvalue weighted by molar-refractivity contribution is 5.01. The van der Waals surface area contributed by atoms with Crippen LogP contribution in [0.5, 0.6) is 0 Å². The Morgan fingerprint density at radius 3 is 3.13 bits per heavy atom. The number of rotatable bonds is 4. The molecule has 1 saturated heterocycles. The van der Waals surface area contributed by atoms with Crippen LogP contribution in [0.3, 0.4) is 0 Å². The van der Waals surface area contributed by atoms with Crippen molar-refractivity contribution in [3.63, 3.8) is 0 Å². The zero-order valence-electron chi connectivity index (χ0n) is 8.81. The van der Waals surface area contributed by atoms with Crippen LogP contribution in [0, 0.1) is 0 Å². The van der Waals surface area contributed by atoms with Crippen LogP contribution in [0.2, 0.25) is 0 Å². The van der Waals surface area contributed by atoms with Crippen molar-refractivity contribution in [1.29, 1.82) is 0 Å². The molecule has 4 heteroatoms. The summed E-state index contributed by atoms with van der Waals surface area (Å²) in [6.45, 7) is 2.57. The molecule has 2 atom stereocenters. The summed E-state index contributed by atoms with van der Waals surface area (Å²) in [4.78, 5) is 0. The van der Waals surface area contributed by atoms with Gasteiger partial charge in [0, 0.05) is 6.61 Å². The topological polar surface area (TPSA) is 51.8 Å². The van der Waals surface area contributed by atoms with Crippen molar-refractivity contribution in [2.75, 3.05) is 13.2 Å². The minimum absolute atomic E-state index is 0.00466. The molecule has 84 valence electrons. The van der Waals surface area contributed by atoms with Gasteiger partial charge in [-0.05, 0) is 25.5 Å². The van der Waals surface area contributed by atoms with Crippen LogP contribution in [0.25, 0.3) is 0 Å². The van der Waals surface area contributed by atoms with E-state index in [1.54, 1.807) is 6.26 Å². The number of aliphatic hydroxyl groups excluding tert-OH is 1. The molecule has 1 N–H and O–H groups in total. The van der Waals surface area contributed by atoms with Crippen molar-refractivity contribution in [3.8, 4) is 0 Å². The molecule has 0 aromatic carbocycles. The first-order valence-electron chi connectivity index (χ1n) is 5.17. The molecule has 0 radical (unpaired) electrons. The maximum atomic E-state index is 8.80. The van der Waals surface area contributed by atoms with Crippen molar-refractivity contribution >= 4 is 0 Å². The average Bonchev–Trinajstić information content (AvgIpc) is 2.78. The Hall–Kier alpha value is -0.840. The number of aliphatic hydroxyl groups is 1. The quantitative estimate of drug-likeness (QED) is 0.818. The van der Waals surface area contributed by atoms with E-state index >= 15 is 0 Å². The van der Waals surface area contributed by atoms with Gasteiger partial charge in [-0.2, -0.15) is 0 Å². The largest absolute Gasteiger partial charge is 0.469 e. The molecule has 4 nitrogen and oxygen atoms in total. The van der Waals surface area contributed by atoms with E-state index in [0.29, 0.717) is 19.4 Å². The molecule has 0 amide bonds. The number of hydrogen-bond acceptors (Lipinski definition) is 4. The first-order chi connectivity index (χ1) is 7.22. The second-order valence-electron chi connectivity index (χ2n) is 3.95. The van der Waals surface area contributed by atoms with E-state index < -0.39 is 5.79 Å². The van der Waals surface area contributed by atoms with Crippen LogP contribution in [0.1, 0.15) is 19.1 Å². The maximum absolute atomic E-state index is 8.80. The molecule has 1 aromatic rings. The van der Waals surface area contributed by atoms with Gasteiger partial charge in [-0.1, -0.05) is 0 Å². The minimum atomic E-state index is -0.613. The van der Waals surface area contributed by atoms with Crippen molar-refractivity contribution < 1.29 is 19.0 Å². The molecule has 2 unspecified atom stereocenters.